The van der Waals surface area contributed by atoms with Crippen LogP contribution in [0.4, 0.5) is 0 Å². The first-order chi connectivity index (χ1) is 22.5. The molecule has 0 spiro atoms. The topological polar surface area (TPSA) is 63.3 Å². The zero-order valence-corrected chi connectivity index (χ0v) is 28.5. The van der Waals surface area contributed by atoms with Crippen molar-refractivity contribution in [2.75, 3.05) is 13.2 Å². The number of benzene rings is 4. The van der Waals surface area contributed by atoms with Crippen LogP contribution < -0.4 is 14.2 Å². The molecule has 0 unspecified atom stereocenters. The second kappa shape index (κ2) is 13.5. The van der Waals surface area contributed by atoms with Crippen LogP contribution in [-0.2, 0) is 20.4 Å². The normalized spacial score (nSPS) is 11.1. The van der Waals surface area contributed by atoms with Crippen molar-refractivity contribution in [1.82, 2.24) is 19.3 Å². The number of pyridine rings is 1. The zero-order valence-electron chi connectivity index (χ0n) is 26.9. The number of aryl methyl sites for hydroxylation is 3. The molecule has 4 aromatic carbocycles. The summed E-state index contributed by atoms with van der Waals surface area (Å²) in [7, 11) is 0. The molecule has 7 nitrogen and oxygen atoms in total. The van der Waals surface area contributed by atoms with E-state index in [-0.39, 0.29) is 20.4 Å². The summed E-state index contributed by atoms with van der Waals surface area (Å²) in [5, 5.41) is 7.08. The SMILES string of the molecule is CCOc1nn(-c2[c-]c(Oc3[c-]c4c(cc3)c3ccccc3n4-c3cc(C)ccn3)ccc2)c(OCC)c1-c1c(C)cccc1C.[Pd+2]. The van der Waals surface area contributed by atoms with Gasteiger partial charge in [0.05, 0.1) is 13.2 Å². The van der Waals surface area contributed by atoms with Crippen LogP contribution in [0.2, 0.25) is 0 Å². The van der Waals surface area contributed by atoms with Crippen molar-refractivity contribution < 1.29 is 34.6 Å². The van der Waals surface area contributed by atoms with Gasteiger partial charge >= 0.3 is 20.4 Å². The Labute approximate surface area is 288 Å². The van der Waals surface area contributed by atoms with E-state index in [1.165, 1.54) is 0 Å². The molecule has 3 heterocycles. The molecule has 0 atom stereocenters. The molecule has 0 fully saturated rings. The number of fused-ring (bicyclic) bond motifs is 3. The largest absolute Gasteiger partial charge is 2.00 e. The van der Waals surface area contributed by atoms with Crippen LogP contribution in [0, 0.1) is 32.9 Å². The molecule has 0 bridgehead atoms. The third-order valence-corrected chi connectivity index (χ3v) is 7.99. The van der Waals surface area contributed by atoms with Gasteiger partial charge < -0.3 is 18.8 Å². The number of hydrogen-bond donors (Lipinski definition) is 0. The molecule has 7 aromatic rings. The molecule has 0 saturated carbocycles. The molecular formula is C39H34N4O3Pd. The van der Waals surface area contributed by atoms with Crippen LogP contribution >= 0.6 is 0 Å². The summed E-state index contributed by atoms with van der Waals surface area (Å²) in [6.45, 7) is 11.1. The van der Waals surface area contributed by atoms with Crippen molar-refractivity contribution in [2.45, 2.75) is 34.6 Å². The van der Waals surface area contributed by atoms with Crippen LogP contribution in [0.1, 0.15) is 30.5 Å². The molecule has 0 aliphatic rings. The summed E-state index contributed by atoms with van der Waals surface area (Å²) in [6.07, 6.45) is 1.83. The molecule has 0 saturated heterocycles. The molecule has 3 aromatic heterocycles. The number of hydrogen-bond acceptors (Lipinski definition) is 5. The van der Waals surface area contributed by atoms with E-state index < -0.39 is 0 Å². The average Bonchev–Trinajstić information content (AvgIpc) is 3.57. The first-order valence-corrected chi connectivity index (χ1v) is 15.5. The van der Waals surface area contributed by atoms with Gasteiger partial charge in [-0.1, -0.05) is 41.9 Å². The van der Waals surface area contributed by atoms with E-state index in [2.05, 4.69) is 91.0 Å². The van der Waals surface area contributed by atoms with E-state index in [0.29, 0.717) is 42.2 Å². The Morgan fingerprint density at radius 2 is 1.47 bits per heavy atom. The second-order valence-electron chi connectivity index (χ2n) is 11.2. The summed E-state index contributed by atoms with van der Waals surface area (Å²) in [5.41, 5.74) is 7.86. The number of aromatic nitrogens is 4. The van der Waals surface area contributed by atoms with Gasteiger partial charge in [-0.15, -0.1) is 40.8 Å². The third kappa shape index (κ3) is 5.91. The van der Waals surface area contributed by atoms with Gasteiger partial charge in [0.25, 0.3) is 0 Å². The van der Waals surface area contributed by atoms with Crippen molar-refractivity contribution in [2.24, 2.45) is 0 Å². The molecule has 0 aliphatic carbocycles. The first-order valence-electron chi connectivity index (χ1n) is 15.5. The summed E-state index contributed by atoms with van der Waals surface area (Å²) in [4.78, 5) is 4.68. The molecule has 0 amide bonds. The maximum atomic E-state index is 6.41. The van der Waals surface area contributed by atoms with Crippen LogP contribution in [0.3, 0.4) is 0 Å². The van der Waals surface area contributed by atoms with E-state index in [1.54, 1.807) is 4.68 Å². The van der Waals surface area contributed by atoms with Gasteiger partial charge in [0.1, 0.15) is 11.4 Å². The minimum Gasteiger partial charge on any atom is -0.509 e. The van der Waals surface area contributed by atoms with Gasteiger partial charge in [-0.3, -0.25) is 0 Å². The predicted octanol–water partition coefficient (Wildman–Crippen LogP) is 9.14. The molecule has 0 radical (unpaired) electrons. The Bertz CT molecular complexity index is 2200. The maximum Gasteiger partial charge on any atom is 2.00 e. The second-order valence-corrected chi connectivity index (χ2v) is 11.2. The first kappa shape index (κ1) is 32.1. The predicted molar refractivity (Wildman–Crippen MR) is 182 cm³/mol. The van der Waals surface area contributed by atoms with Crippen LogP contribution in [0.5, 0.6) is 23.3 Å². The van der Waals surface area contributed by atoms with Gasteiger partial charge in [-0.2, -0.15) is 12.1 Å². The van der Waals surface area contributed by atoms with E-state index >= 15 is 0 Å². The monoisotopic (exact) mass is 712 g/mol. The molecule has 238 valence electrons. The van der Waals surface area contributed by atoms with E-state index in [0.717, 1.165) is 55.4 Å². The van der Waals surface area contributed by atoms with Gasteiger partial charge in [-0.05, 0) is 86.1 Å². The molecule has 47 heavy (non-hydrogen) atoms. The van der Waals surface area contributed by atoms with E-state index in [1.807, 2.05) is 56.4 Å². The van der Waals surface area contributed by atoms with E-state index in [9.17, 15) is 0 Å². The van der Waals surface area contributed by atoms with Gasteiger partial charge in [0.2, 0.25) is 11.8 Å². The summed E-state index contributed by atoms with van der Waals surface area (Å²) in [6, 6.07) is 35.3. The molecule has 0 aliphatic heterocycles. The molecule has 0 N–H and O–H groups in total. The van der Waals surface area contributed by atoms with Crippen molar-refractivity contribution >= 4 is 21.8 Å². The van der Waals surface area contributed by atoms with Crippen LogP contribution in [0.25, 0.3) is 44.4 Å². The van der Waals surface area contributed by atoms with Gasteiger partial charge in [0, 0.05) is 23.2 Å². The Balaban J connectivity index is 0.00000386. The quantitative estimate of drug-likeness (QED) is 0.110. The Kier molecular flexibility index (Phi) is 9.17. The number of ether oxygens (including phenoxy) is 3. The smallest absolute Gasteiger partial charge is 0.509 e. The minimum atomic E-state index is 0. The van der Waals surface area contributed by atoms with Crippen LogP contribution in [0.15, 0.2) is 91.1 Å². The maximum absolute atomic E-state index is 6.41. The number of para-hydroxylation sites is 1. The van der Waals surface area contributed by atoms with Gasteiger partial charge in [0.15, 0.2) is 0 Å². The van der Waals surface area contributed by atoms with Gasteiger partial charge in [-0.25, -0.2) is 9.67 Å². The van der Waals surface area contributed by atoms with Crippen LogP contribution in [-0.4, -0.2) is 32.5 Å². The molecule has 8 heteroatoms. The van der Waals surface area contributed by atoms with Crippen molar-refractivity contribution in [1.29, 1.82) is 0 Å². The standard InChI is InChI=1S/C39H34N4O3.Pd/c1-6-44-38-37(36-26(4)12-10-13-27(36)5)39(45-7-2)43(41-38)28-14-11-15-29(23-28)46-30-18-19-32-31-16-8-9-17-33(31)42(34(32)24-30)35-22-25(3)20-21-40-35;/h8-22H,6-7H2,1-5H3;/q-2;+2. The average molecular weight is 713 g/mol. The molecular weight excluding hydrogens is 679 g/mol. The summed E-state index contributed by atoms with van der Waals surface area (Å²) < 4.78 is 22.6. The minimum absolute atomic E-state index is 0. The number of nitrogens with zero attached hydrogens (tertiary/aromatic N) is 4. The third-order valence-electron chi connectivity index (χ3n) is 7.99. The Morgan fingerprint density at radius 1 is 0.723 bits per heavy atom. The van der Waals surface area contributed by atoms with Crippen molar-refractivity contribution in [3.05, 3.63) is 120 Å². The summed E-state index contributed by atoms with van der Waals surface area (Å²) in [5.74, 6) is 3.03. The Morgan fingerprint density at radius 3 is 2.23 bits per heavy atom. The van der Waals surface area contributed by atoms with E-state index in [4.69, 9.17) is 19.3 Å². The fourth-order valence-electron chi connectivity index (χ4n) is 6.03. The molecule has 7 rings (SSSR count). The van der Waals surface area contributed by atoms with Crippen molar-refractivity contribution in [3.63, 3.8) is 0 Å². The fraction of sp³-hybridized carbons (Fsp3) is 0.179. The number of rotatable bonds is 9. The fourth-order valence-corrected chi connectivity index (χ4v) is 6.03. The summed E-state index contributed by atoms with van der Waals surface area (Å²) >= 11 is 0. The Hall–Kier alpha value is -4.90. The zero-order chi connectivity index (χ0) is 31.8. The van der Waals surface area contributed by atoms with Crippen molar-refractivity contribution in [3.8, 4) is 45.9 Å².